The molecule has 0 bridgehead atoms. The van der Waals surface area contributed by atoms with Crippen LogP contribution in [-0.4, -0.2) is 46.1 Å². The van der Waals surface area contributed by atoms with E-state index >= 15 is 0 Å². The predicted octanol–water partition coefficient (Wildman–Crippen LogP) is 3.67. The summed E-state index contributed by atoms with van der Waals surface area (Å²) in [7, 11) is 6.19. The molecule has 1 aliphatic carbocycles. The van der Waals surface area contributed by atoms with Gasteiger partial charge in [-0.3, -0.25) is 4.79 Å². The summed E-state index contributed by atoms with van der Waals surface area (Å²) in [6.07, 6.45) is 0.662. The number of esters is 1. The Morgan fingerprint density at radius 2 is 1.70 bits per heavy atom. The van der Waals surface area contributed by atoms with E-state index in [1.165, 1.54) is 7.11 Å². The third-order valence-electron chi connectivity index (χ3n) is 5.96. The number of aromatic hydroxyl groups is 1. The molecule has 1 heterocycles. The van der Waals surface area contributed by atoms with Gasteiger partial charge in [0.25, 0.3) is 0 Å². The number of benzene rings is 2. The van der Waals surface area contributed by atoms with E-state index < -0.39 is 0 Å². The maximum Gasteiger partial charge on any atom is 0.310 e. The van der Waals surface area contributed by atoms with Gasteiger partial charge in [-0.2, -0.15) is 0 Å². The minimum absolute atomic E-state index is 0.00195. The van der Waals surface area contributed by atoms with Crippen LogP contribution in [0, 0.1) is 11.8 Å². The summed E-state index contributed by atoms with van der Waals surface area (Å²) >= 11 is 3.40. The number of methoxy groups -OCH3 is 4. The van der Waals surface area contributed by atoms with Crippen LogP contribution in [0.4, 0.5) is 0 Å². The minimum Gasteiger partial charge on any atom is -0.503 e. The van der Waals surface area contributed by atoms with Crippen molar-refractivity contribution in [1.29, 1.82) is 0 Å². The van der Waals surface area contributed by atoms with Gasteiger partial charge in [-0.1, -0.05) is 0 Å². The molecule has 160 valence electrons. The molecule has 2 aromatic carbocycles. The van der Waals surface area contributed by atoms with E-state index in [9.17, 15) is 9.90 Å². The summed E-state index contributed by atoms with van der Waals surface area (Å²) in [4.78, 5) is 12.8. The fourth-order valence-corrected chi connectivity index (χ4v) is 5.14. The first kappa shape index (κ1) is 20.7. The highest BCUT2D eigenvalue weighted by molar-refractivity contribution is 9.10. The minimum atomic E-state index is -0.384. The van der Waals surface area contributed by atoms with Gasteiger partial charge in [-0.25, -0.2) is 0 Å². The highest BCUT2D eigenvalue weighted by Gasteiger charge is 2.49. The van der Waals surface area contributed by atoms with Crippen molar-refractivity contribution < 1.29 is 33.6 Å². The number of carbonyl (C=O) groups excluding carboxylic acids is 1. The van der Waals surface area contributed by atoms with Crippen molar-refractivity contribution in [2.75, 3.05) is 35.0 Å². The van der Waals surface area contributed by atoms with Gasteiger partial charge in [0, 0.05) is 17.4 Å². The Balaban J connectivity index is 2.02. The lowest BCUT2D eigenvalue weighted by atomic mass is 9.67. The van der Waals surface area contributed by atoms with Crippen LogP contribution in [0.3, 0.4) is 0 Å². The largest absolute Gasteiger partial charge is 0.503 e. The van der Waals surface area contributed by atoms with E-state index in [1.807, 2.05) is 6.07 Å². The van der Waals surface area contributed by atoms with Crippen LogP contribution in [-0.2, 0) is 16.0 Å². The molecule has 30 heavy (non-hydrogen) atoms. The number of hydrogen-bond acceptors (Lipinski definition) is 7. The van der Waals surface area contributed by atoms with Gasteiger partial charge < -0.3 is 28.8 Å². The van der Waals surface area contributed by atoms with Crippen molar-refractivity contribution in [1.82, 2.24) is 0 Å². The number of phenols is 1. The summed E-state index contributed by atoms with van der Waals surface area (Å²) in [6.45, 7) is 0.368. The van der Waals surface area contributed by atoms with Crippen LogP contribution in [0.5, 0.6) is 28.7 Å². The third kappa shape index (κ3) is 3.05. The van der Waals surface area contributed by atoms with Crippen molar-refractivity contribution in [3.05, 3.63) is 39.4 Å². The standard InChI is InChI=1S/C22H23BrO7/c1-26-14-7-11(6-13(23)19(14)24)16-17-10(5-12-9-30-22(25)18(12)16)8-15(27-2)20(28-3)21(17)29-4/h6-8,12,16,18,24H,5,9H2,1-4H3/t12-,16+,18-/m0/s1. The van der Waals surface area contributed by atoms with Crippen LogP contribution in [0.25, 0.3) is 0 Å². The fraction of sp³-hybridized carbons (Fsp3) is 0.409. The Morgan fingerprint density at radius 3 is 2.33 bits per heavy atom. The summed E-state index contributed by atoms with van der Waals surface area (Å²) in [6, 6.07) is 5.49. The predicted molar refractivity (Wildman–Crippen MR) is 112 cm³/mol. The number of fused-ring (bicyclic) bond motifs is 2. The topological polar surface area (TPSA) is 83.5 Å². The van der Waals surface area contributed by atoms with Gasteiger partial charge in [0.2, 0.25) is 5.75 Å². The van der Waals surface area contributed by atoms with Gasteiger partial charge in [0.15, 0.2) is 23.0 Å². The van der Waals surface area contributed by atoms with E-state index in [-0.39, 0.29) is 29.5 Å². The molecule has 4 rings (SSSR count). The molecule has 1 saturated heterocycles. The van der Waals surface area contributed by atoms with Gasteiger partial charge >= 0.3 is 5.97 Å². The highest BCUT2D eigenvalue weighted by atomic mass is 79.9. The molecule has 8 heteroatoms. The Morgan fingerprint density at radius 1 is 1.00 bits per heavy atom. The average molecular weight is 479 g/mol. The fourth-order valence-electron chi connectivity index (χ4n) is 4.68. The molecule has 0 amide bonds. The molecule has 0 saturated carbocycles. The van der Waals surface area contributed by atoms with Gasteiger partial charge in [-0.15, -0.1) is 0 Å². The maximum atomic E-state index is 12.8. The van der Waals surface area contributed by atoms with Crippen molar-refractivity contribution in [2.45, 2.75) is 12.3 Å². The second-order valence-corrected chi connectivity index (χ2v) is 8.22. The molecule has 0 spiro atoms. The lowest BCUT2D eigenvalue weighted by Gasteiger charge is -2.35. The number of hydrogen-bond donors (Lipinski definition) is 1. The average Bonchev–Trinajstić information content (AvgIpc) is 3.12. The van der Waals surface area contributed by atoms with Crippen LogP contribution in [0.1, 0.15) is 22.6 Å². The van der Waals surface area contributed by atoms with E-state index in [0.717, 1.165) is 16.7 Å². The van der Waals surface area contributed by atoms with E-state index in [1.54, 1.807) is 33.5 Å². The smallest absolute Gasteiger partial charge is 0.310 e. The SMILES string of the molecule is COc1cc([C@@H]2c3c(cc(OC)c(OC)c3OC)C[C@H]3COC(=O)[C@@H]32)cc(Br)c1O. The van der Waals surface area contributed by atoms with Crippen molar-refractivity contribution in [3.63, 3.8) is 0 Å². The summed E-state index contributed by atoms with van der Waals surface area (Å²) < 4.78 is 28.2. The molecule has 0 aromatic heterocycles. The molecule has 0 unspecified atom stereocenters. The molecular weight excluding hydrogens is 456 g/mol. The third-order valence-corrected chi connectivity index (χ3v) is 6.56. The lowest BCUT2D eigenvalue weighted by molar-refractivity contribution is -0.141. The number of phenolic OH excluding ortho intramolecular Hbond substituents is 1. The summed E-state index contributed by atoms with van der Waals surface area (Å²) in [5.41, 5.74) is 2.67. The van der Waals surface area contributed by atoms with Crippen molar-refractivity contribution >= 4 is 21.9 Å². The summed E-state index contributed by atoms with van der Waals surface area (Å²) in [5, 5.41) is 10.3. The van der Waals surface area contributed by atoms with Gasteiger partial charge in [-0.05, 0) is 51.7 Å². The Labute approximate surface area is 183 Å². The molecule has 2 aliphatic rings. The Bertz CT molecular complexity index is 1000. The molecule has 1 N–H and O–H groups in total. The zero-order valence-electron chi connectivity index (χ0n) is 17.2. The van der Waals surface area contributed by atoms with E-state index in [4.69, 9.17) is 23.7 Å². The number of ether oxygens (including phenoxy) is 5. The Hall–Kier alpha value is -2.61. The first-order valence-electron chi connectivity index (χ1n) is 9.49. The van der Waals surface area contributed by atoms with Crippen molar-refractivity contribution in [2.24, 2.45) is 11.8 Å². The number of halogens is 1. The maximum absolute atomic E-state index is 12.8. The van der Waals surface area contributed by atoms with Crippen molar-refractivity contribution in [3.8, 4) is 28.7 Å². The summed E-state index contributed by atoms with van der Waals surface area (Å²) in [5.74, 6) is 0.916. The van der Waals surface area contributed by atoms with E-state index in [0.29, 0.717) is 40.5 Å². The monoisotopic (exact) mass is 478 g/mol. The lowest BCUT2D eigenvalue weighted by Crippen LogP contribution is -2.32. The first-order chi connectivity index (χ1) is 14.4. The molecule has 0 radical (unpaired) electrons. The molecular formula is C22H23BrO7. The number of carbonyl (C=O) groups is 1. The van der Waals surface area contributed by atoms with Crippen LogP contribution in [0.15, 0.2) is 22.7 Å². The molecule has 1 fully saturated rings. The quantitative estimate of drug-likeness (QED) is 0.656. The second-order valence-electron chi connectivity index (χ2n) is 7.37. The molecule has 7 nitrogen and oxygen atoms in total. The van der Waals surface area contributed by atoms with Crippen LogP contribution >= 0.6 is 15.9 Å². The van der Waals surface area contributed by atoms with E-state index in [2.05, 4.69) is 15.9 Å². The zero-order valence-corrected chi connectivity index (χ0v) is 18.7. The number of rotatable bonds is 5. The second kappa shape index (κ2) is 7.91. The normalized spacial score (nSPS) is 22.0. The zero-order chi connectivity index (χ0) is 21.6. The molecule has 3 atom stereocenters. The van der Waals surface area contributed by atoms with Gasteiger partial charge in [0.1, 0.15) is 0 Å². The van der Waals surface area contributed by atoms with Gasteiger partial charge in [0.05, 0.1) is 45.4 Å². The number of cyclic esters (lactones) is 1. The van der Waals surface area contributed by atoms with Crippen LogP contribution < -0.4 is 18.9 Å². The molecule has 1 aliphatic heterocycles. The Kier molecular flexibility index (Phi) is 5.44. The molecule has 2 aromatic rings. The highest BCUT2D eigenvalue weighted by Crippen LogP contribution is 2.55. The first-order valence-corrected chi connectivity index (χ1v) is 10.3. The van der Waals surface area contributed by atoms with Crippen LogP contribution in [0.2, 0.25) is 0 Å².